The van der Waals surface area contributed by atoms with Gasteiger partial charge in [-0.15, -0.1) is 11.3 Å². The predicted octanol–water partition coefficient (Wildman–Crippen LogP) is 7.06. The third-order valence-electron chi connectivity index (χ3n) is 9.30. The molecular weight excluding hydrogens is 565 g/mol. The molecule has 1 atom stereocenters. The summed E-state index contributed by atoms with van der Waals surface area (Å²) in [6.07, 6.45) is 4.26. The van der Waals surface area contributed by atoms with Gasteiger partial charge in [0, 0.05) is 40.4 Å². The van der Waals surface area contributed by atoms with Crippen LogP contribution in [-0.2, 0) is 20.2 Å². The Morgan fingerprint density at radius 2 is 1.52 bits per heavy atom. The van der Waals surface area contributed by atoms with Gasteiger partial charge in [0.2, 0.25) is 5.91 Å². The molecule has 2 saturated heterocycles. The molecule has 1 amide bonds. The van der Waals surface area contributed by atoms with Gasteiger partial charge in [0.1, 0.15) is 4.83 Å². The van der Waals surface area contributed by atoms with Crippen LogP contribution >= 0.6 is 11.3 Å². The summed E-state index contributed by atoms with van der Waals surface area (Å²) >= 11 is 1.39. The number of aryl methyl sites for hydroxylation is 3. The summed E-state index contributed by atoms with van der Waals surface area (Å²) in [4.78, 5) is 17.8. The van der Waals surface area contributed by atoms with Crippen LogP contribution in [0.5, 0.6) is 0 Å². The second-order valence-electron chi connectivity index (χ2n) is 12.9. The predicted molar refractivity (Wildman–Crippen MR) is 170 cm³/mol. The highest BCUT2D eigenvalue weighted by atomic mass is 32.2. The molecule has 42 heavy (non-hydrogen) atoms. The Balaban J connectivity index is 1.63. The minimum Gasteiger partial charge on any atom is -0.396 e. The van der Waals surface area contributed by atoms with Gasteiger partial charge in [-0.05, 0) is 96.2 Å². The number of rotatable bonds is 7. The van der Waals surface area contributed by atoms with Crippen molar-refractivity contribution in [3.8, 4) is 11.3 Å². The van der Waals surface area contributed by atoms with Crippen LogP contribution < -0.4 is 0 Å². The van der Waals surface area contributed by atoms with E-state index in [0.29, 0.717) is 22.6 Å². The van der Waals surface area contributed by atoms with E-state index >= 15 is 0 Å². The molecule has 2 aromatic carbocycles. The first-order valence-corrected chi connectivity index (χ1v) is 17.1. The number of carbonyl (C=O) groups is 1. The number of hydrogen-bond acceptors (Lipinski definition) is 5. The average Bonchev–Trinajstić information content (AvgIpc) is 3.71. The van der Waals surface area contributed by atoms with Crippen molar-refractivity contribution < 1.29 is 18.3 Å². The summed E-state index contributed by atoms with van der Waals surface area (Å²) in [6, 6.07) is 15.7. The van der Waals surface area contributed by atoms with Crippen molar-refractivity contribution in [3.63, 3.8) is 0 Å². The normalized spacial score (nSPS) is 19.6. The van der Waals surface area contributed by atoms with Crippen molar-refractivity contribution >= 4 is 37.5 Å². The van der Waals surface area contributed by atoms with E-state index in [-0.39, 0.29) is 23.3 Å². The molecule has 0 aliphatic carbocycles. The maximum Gasteiger partial charge on any atom is 0.269 e. The quantitative estimate of drug-likeness (QED) is 0.245. The lowest BCUT2D eigenvalue weighted by Crippen LogP contribution is -2.45. The van der Waals surface area contributed by atoms with Crippen LogP contribution in [-0.4, -0.2) is 47.0 Å². The van der Waals surface area contributed by atoms with E-state index in [4.69, 9.17) is 0 Å². The standard InChI is InChI=1S/C34H40N2O4S2/c1-20-7-13-27(14-8-20)42(39,40)36-31(24-16-21(2)15-22(3)17-24)30(23(4)19-37)28-18-29(41-32(28)36)34(5,6)33(38)35-25-9-10-26(35)12-11-25/h7-8,13-18,23,25-26,37H,9-12,19H2,1-6H3/t23-,25?,26?/m1/s1. The molecule has 2 aliphatic rings. The molecule has 0 radical (unpaired) electrons. The number of aliphatic hydroxyl groups excluding tert-OH is 1. The Hall–Kier alpha value is -2.94. The number of nitrogens with zero attached hydrogens (tertiary/aromatic N) is 2. The number of fused-ring (bicyclic) bond motifs is 3. The highest BCUT2D eigenvalue weighted by Gasteiger charge is 2.47. The molecule has 0 spiro atoms. The van der Waals surface area contributed by atoms with Crippen LogP contribution in [0.15, 0.2) is 53.4 Å². The summed E-state index contributed by atoms with van der Waals surface area (Å²) < 4.78 is 30.6. The van der Waals surface area contributed by atoms with Crippen molar-refractivity contribution in [1.82, 2.24) is 8.87 Å². The van der Waals surface area contributed by atoms with Crippen LogP contribution in [0.4, 0.5) is 0 Å². The van der Waals surface area contributed by atoms with Crippen molar-refractivity contribution in [2.45, 2.75) is 95.5 Å². The topological polar surface area (TPSA) is 79.6 Å². The van der Waals surface area contributed by atoms with Gasteiger partial charge >= 0.3 is 0 Å². The smallest absolute Gasteiger partial charge is 0.269 e. The number of hydrogen-bond donors (Lipinski definition) is 1. The number of amides is 1. The maximum atomic E-state index is 14.6. The van der Waals surface area contributed by atoms with Gasteiger partial charge < -0.3 is 10.0 Å². The Kier molecular flexibility index (Phi) is 7.18. The van der Waals surface area contributed by atoms with Gasteiger partial charge in [0.15, 0.2) is 0 Å². The fourth-order valence-corrected chi connectivity index (χ4v) is 10.1. The Morgan fingerprint density at radius 1 is 0.952 bits per heavy atom. The molecule has 222 valence electrons. The van der Waals surface area contributed by atoms with Crippen molar-refractivity contribution in [1.29, 1.82) is 0 Å². The third-order valence-corrected chi connectivity index (χ3v) is 12.6. The summed E-state index contributed by atoms with van der Waals surface area (Å²) in [5.41, 5.74) is 4.40. The number of thiophene rings is 1. The fourth-order valence-electron chi connectivity index (χ4n) is 7.06. The molecule has 6 rings (SSSR count). The van der Waals surface area contributed by atoms with E-state index in [1.807, 2.05) is 71.9 Å². The maximum absolute atomic E-state index is 14.6. The molecule has 0 saturated carbocycles. The average molecular weight is 605 g/mol. The molecular formula is C34H40N2O4S2. The molecule has 4 aromatic rings. The fraction of sp³-hybridized carbons (Fsp3) is 0.441. The number of aromatic nitrogens is 1. The first kappa shape index (κ1) is 29.1. The van der Waals surface area contributed by atoms with Crippen molar-refractivity contribution in [3.05, 3.63) is 75.7 Å². The molecule has 6 nitrogen and oxygen atoms in total. The Labute approximate surface area is 253 Å². The second kappa shape index (κ2) is 10.4. The molecule has 8 heteroatoms. The van der Waals surface area contributed by atoms with E-state index < -0.39 is 15.4 Å². The first-order chi connectivity index (χ1) is 19.8. The molecule has 1 N–H and O–H groups in total. The minimum absolute atomic E-state index is 0.121. The molecule has 2 fully saturated rings. The lowest BCUT2D eigenvalue weighted by Gasteiger charge is -2.31. The third kappa shape index (κ3) is 4.54. The number of aliphatic hydroxyl groups is 1. The van der Waals surface area contributed by atoms with Crippen LogP contribution in [0.1, 0.15) is 79.5 Å². The Morgan fingerprint density at radius 3 is 2.07 bits per heavy atom. The summed E-state index contributed by atoms with van der Waals surface area (Å²) in [5, 5.41) is 11.2. The second-order valence-corrected chi connectivity index (χ2v) is 15.8. The van der Waals surface area contributed by atoms with E-state index in [2.05, 4.69) is 11.0 Å². The number of benzene rings is 2. The van der Waals surface area contributed by atoms with E-state index in [1.165, 1.54) is 15.3 Å². The zero-order chi connectivity index (χ0) is 30.1. The van der Waals surface area contributed by atoms with E-state index in [0.717, 1.165) is 63.8 Å². The summed E-state index contributed by atoms with van der Waals surface area (Å²) in [7, 11) is -4.03. The zero-order valence-electron chi connectivity index (χ0n) is 25.3. The number of carbonyl (C=O) groups excluding carboxylic acids is 1. The molecule has 2 aromatic heterocycles. The van der Waals surface area contributed by atoms with Crippen LogP contribution in [0.2, 0.25) is 0 Å². The first-order valence-electron chi connectivity index (χ1n) is 14.9. The molecule has 2 bridgehead atoms. The van der Waals surface area contributed by atoms with Gasteiger partial charge in [0.25, 0.3) is 10.0 Å². The van der Waals surface area contributed by atoms with E-state index in [1.54, 1.807) is 12.1 Å². The summed E-state index contributed by atoms with van der Waals surface area (Å²) in [6.45, 7) is 11.7. The van der Waals surface area contributed by atoms with Crippen LogP contribution in [0.25, 0.3) is 21.5 Å². The SMILES string of the molecule is Cc1ccc(S(=O)(=O)n2c(-c3cc(C)cc(C)c3)c([C@H](C)CO)c3cc(C(C)(C)C(=O)N4C5CCC4CC5)sc32)cc1. The zero-order valence-corrected chi connectivity index (χ0v) is 26.9. The highest BCUT2D eigenvalue weighted by Crippen LogP contribution is 2.48. The van der Waals surface area contributed by atoms with Gasteiger partial charge in [-0.3, -0.25) is 4.79 Å². The highest BCUT2D eigenvalue weighted by molar-refractivity contribution is 7.90. The van der Waals surface area contributed by atoms with Crippen molar-refractivity contribution in [2.24, 2.45) is 0 Å². The van der Waals surface area contributed by atoms with Crippen LogP contribution in [0, 0.1) is 20.8 Å². The van der Waals surface area contributed by atoms with Gasteiger partial charge in [-0.2, -0.15) is 0 Å². The Bertz CT molecular complexity index is 1760. The van der Waals surface area contributed by atoms with Gasteiger partial charge in [0.05, 0.1) is 16.0 Å². The molecule has 4 heterocycles. The summed E-state index contributed by atoms with van der Waals surface area (Å²) in [5.74, 6) is -0.205. The van der Waals surface area contributed by atoms with E-state index in [9.17, 15) is 18.3 Å². The largest absolute Gasteiger partial charge is 0.396 e. The lowest BCUT2D eigenvalue weighted by molar-refractivity contribution is -0.137. The minimum atomic E-state index is -4.03. The lowest BCUT2D eigenvalue weighted by atomic mass is 9.88. The van der Waals surface area contributed by atoms with Crippen LogP contribution in [0.3, 0.4) is 0 Å². The molecule has 0 unspecified atom stereocenters. The van der Waals surface area contributed by atoms with Gasteiger partial charge in [-0.1, -0.05) is 41.8 Å². The molecule has 2 aliphatic heterocycles. The van der Waals surface area contributed by atoms with Crippen molar-refractivity contribution in [2.75, 3.05) is 6.61 Å². The van der Waals surface area contributed by atoms with Gasteiger partial charge in [-0.25, -0.2) is 12.4 Å². The monoisotopic (exact) mass is 604 g/mol.